The van der Waals surface area contributed by atoms with Gasteiger partial charge in [0.05, 0.1) is 17.1 Å². The van der Waals surface area contributed by atoms with E-state index < -0.39 is 11.0 Å². The van der Waals surface area contributed by atoms with Crippen molar-refractivity contribution in [1.82, 2.24) is 4.72 Å². The van der Waals surface area contributed by atoms with Crippen molar-refractivity contribution in [3.05, 3.63) is 23.8 Å². The van der Waals surface area contributed by atoms with Crippen molar-refractivity contribution < 1.29 is 8.95 Å². The highest BCUT2D eigenvalue weighted by atomic mass is 32.2. The van der Waals surface area contributed by atoms with Crippen LogP contribution in [0.25, 0.3) is 0 Å². The predicted octanol–water partition coefficient (Wildman–Crippen LogP) is 2.72. The number of ether oxygens (including phenoxy) is 1. The molecule has 3 nitrogen and oxygen atoms in total. The largest absolute Gasteiger partial charge is 0.377 e. The van der Waals surface area contributed by atoms with Gasteiger partial charge in [0, 0.05) is 19.4 Å². The van der Waals surface area contributed by atoms with Crippen LogP contribution >= 0.6 is 0 Å². The smallest absolute Gasteiger partial charge is 0.0918 e. The molecule has 104 valence electrons. The molecule has 0 saturated carbocycles. The van der Waals surface area contributed by atoms with E-state index in [0.29, 0.717) is 0 Å². The Kier molecular flexibility index (Phi) is 8.22. The van der Waals surface area contributed by atoms with Gasteiger partial charge in [-0.3, -0.25) is 0 Å². The summed E-state index contributed by atoms with van der Waals surface area (Å²) >= 11 is 0. The molecule has 0 aromatic carbocycles. The molecular weight excluding hydrogens is 246 g/mol. The molecule has 1 heterocycles. The second-order valence-electron chi connectivity index (χ2n) is 4.70. The van der Waals surface area contributed by atoms with Crippen LogP contribution in [0.4, 0.5) is 0 Å². The molecule has 0 aromatic heterocycles. The zero-order chi connectivity index (χ0) is 13.2. The summed E-state index contributed by atoms with van der Waals surface area (Å²) in [5.74, 6) is 0.745. The fraction of sp³-hybridized carbons (Fsp3) is 0.714. The minimum Gasteiger partial charge on any atom is -0.377 e. The Balaban J connectivity index is 2.53. The molecule has 0 aliphatic carbocycles. The number of rotatable bonds is 1. The highest BCUT2D eigenvalue weighted by Crippen LogP contribution is 2.08. The minimum absolute atomic E-state index is 0.221. The lowest BCUT2D eigenvalue weighted by Crippen LogP contribution is -2.21. The number of hydrogen-bond donors (Lipinski definition) is 1. The van der Waals surface area contributed by atoms with Crippen LogP contribution in [0.5, 0.6) is 0 Å². The quantitative estimate of drug-likeness (QED) is 0.745. The predicted molar refractivity (Wildman–Crippen MR) is 77.8 cm³/mol. The molecule has 1 aliphatic heterocycles. The summed E-state index contributed by atoms with van der Waals surface area (Å²) in [6.45, 7) is 2.80. The Morgan fingerprint density at radius 1 is 1.39 bits per heavy atom. The van der Waals surface area contributed by atoms with E-state index in [-0.39, 0.29) is 6.10 Å². The van der Waals surface area contributed by atoms with Crippen LogP contribution < -0.4 is 4.72 Å². The molecule has 1 N–H and O–H groups in total. The molecule has 18 heavy (non-hydrogen) atoms. The van der Waals surface area contributed by atoms with Crippen molar-refractivity contribution in [2.24, 2.45) is 0 Å². The van der Waals surface area contributed by atoms with E-state index in [9.17, 15) is 4.21 Å². The Morgan fingerprint density at radius 2 is 2.22 bits per heavy atom. The Bertz CT molecular complexity index is 313. The van der Waals surface area contributed by atoms with Crippen molar-refractivity contribution in [3.63, 3.8) is 0 Å². The fourth-order valence-electron chi connectivity index (χ4n) is 1.87. The average Bonchev–Trinajstić information content (AvgIpc) is 2.37. The number of hydrogen-bond acceptors (Lipinski definition) is 2. The summed E-state index contributed by atoms with van der Waals surface area (Å²) in [4.78, 5) is 0. The van der Waals surface area contributed by atoms with E-state index in [4.69, 9.17) is 4.74 Å². The van der Waals surface area contributed by atoms with Crippen molar-refractivity contribution in [2.75, 3.05) is 19.4 Å². The van der Waals surface area contributed by atoms with Gasteiger partial charge in [0.1, 0.15) is 0 Å². The highest BCUT2D eigenvalue weighted by molar-refractivity contribution is 7.83. The minimum atomic E-state index is -0.880. The Hall–Kier alpha value is -0.450. The van der Waals surface area contributed by atoms with E-state index >= 15 is 0 Å². The normalized spacial score (nSPS) is 33.1. The van der Waals surface area contributed by atoms with Gasteiger partial charge in [-0.2, -0.15) is 0 Å². The molecule has 1 aliphatic rings. The summed E-state index contributed by atoms with van der Waals surface area (Å²) in [5, 5.41) is 0. The van der Waals surface area contributed by atoms with Crippen molar-refractivity contribution in [2.45, 2.75) is 45.1 Å². The van der Waals surface area contributed by atoms with Crippen LogP contribution in [0, 0.1) is 0 Å². The molecule has 4 heteroatoms. The van der Waals surface area contributed by atoms with E-state index in [0.717, 1.165) is 44.4 Å². The van der Waals surface area contributed by atoms with E-state index in [1.165, 1.54) is 5.57 Å². The second kappa shape index (κ2) is 9.48. The second-order valence-corrected chi connectivity index (χ2v) is 6.08. The van der Waals surface area contributed by atoms with Gasteiger partial charge < -0.3 is 4.74 Å². The molecule has 0 aromatic rings. The molecule has 2 atom stereocenters. The third-order valence-corrected chi connectivity index (χ3v) is 4.19. The van der Waals surface area contributed by atoms with Gasteiger partial charge in [-0.1, -0.05) is 23.8 Å². The lowest BCUT2D eigenvalue weighted by Gasteiger charge is -2.11. The Morgan fingerprint density at radius 3 is 3.00 bits per heavy atom. The fourth-order valence-corrected chi connectivity index (χ4v) is 2.87. The zero-order valence-electron chi connectivity index (χ0n) is 11.5. The van der Waals surface area contributed by atoms with Gasteiger partial charge in [0.25, 0.3) is 0 Å². The summed E-state index contributed by atoms with van der Waals surface area (Å²) in [7, 11) is 0.883. The first kappa shape index (κ1) is 15.6. The van der Waals surface area contributed by atoms with Crippen molar-refractivity contribution in [3.8, 4) is 0 Å². The van der Waals surface area contributed by atoms with E-state index in [1.807, 2.05) is 0 Å². The molecule has 0 saturated heterocycles. The molecular formula is C14H25NO2S. The number of methoxy groups -OCH3 is 1. The topological polar surface area (TPSA) is 38.3 Å². The molecule has 0 fully saturated rings. The van der Waals surface area contributed by atoms with E-state index in [1.54, 1.807) is 7.11 Å². The Labute approximate surface area is 113 Å². The first-order valence-electron chi connectivity index (χ1n) is 6.69. The first-order chi connectivity index (χ1) is 8.72. The van der Waals surface area contributed by atoms with Gasteiger partial charge in [0.15, 0.2) is 0 Å². The monoisotopic (exact) mass is 271 g/mol. The van der Waals surface area contributed by atoms with Crippen LogP contribution in [0.15, 0.2) is 23.8 Å². The molecule has 0 amide bonds. The van der Waals surface area contributed by atoms with Gasteiger partial charge in [0.2, 0.25) is 0 Å². The first-order valence-corrected chi connectivity index (χ1v) is 8.01. The lowest BCUT2D eigenvalue weighted by molar-refractivity contribution is 0.134. The maximum absolute atomic E-state index is 11.6. The van der Waals surface area contributed by atoms with Crippen LogP contribution in [-0.2, 0) is 15.7 Å². The summed E-state index contributed by atoms with van der Waals surface area (Å²) in [5.41, 5.74) is 1.25. The third-order valence-electron chi connectivity index (χ3n) is 3.06. The lowest BCUT2D eigenvalue weighted by atomic mass is 10.1. The molecule has 0 bridgehead atoms. The van der Waals surface area contributed by atoms with Gasteiger partial charge in [-0.05, 0) is 39.0 Å². The standard InChI is InChI=1S/C14H25NO2S/c1-13-8-7-10-14(17-2)9-5-3-4-6-11-18(16)15-12-13/h5,8-9,14-15H,3-4,6-7,10-12H2,1-2H3/b9-5+,13-8-. The maximum Gasteiger partial charge on any atom is 0.0918 e. The molecule has 0 radical (unpaired) electrons. The number of nitrogens with one attached hydrogen (secondary N) is 1. The van der Waals surface area contributed by atoms with E-state index in [2.05, 4.69) is 29.9 Å². The molecule has 2 unspecified atom stereocenters. The molecule has 0 spiro atoms. The van der Waals surface area contributed by atoms with Gasteiger partial charge in [-0.15, -0.1) is 0 Å². The third kappa shape index (κ3) is 7.09. The van der Waals surface area contributed by atoms with Crippen molar-refractivity contribution in [1.29, 1.82) is 0 Å². The van der Waals surface area contributed by atoms with Crippen LogP contribution in [0.3, 0.4) is 0 Å². The SMILES string of the molecule is COC1/C=C/CCCCS(=O)NC/C(C)=C\CC1. The van der Waals surface area contributed by atoms with Crippen LogP contribution in [-0.4, -0.2) is 29.7 Å². The number of allylic oxidation sites excluding steroid dienone is 2. The summed E-state index contributed by atoms with van der Waals surface area (Å²) in [6, 6.07) is 0. The molecule has 1 rings (SSSR count). The average molecular weight is 271 g/mol. The zero-order valence-corrected chi connectivity index (χ0v) is 12.3. The summed E-state index contributed by atoms with van der Waals surface area (Å²) in [6.07, 6.45) is 11.9. The van der Waals surface area contributed by atoms with Gasteiger partial charge >= 0.3 is 0 Å². The van der Waals surface area contributed by atoms with Crippen LogP contribution in [0.2, 0.25) is 0 Å². The maximum atomic E-state index is 11.6. The van der Waals surface area contributed by atoms with Gasteiger partial charge in [-0.25, -0.2) is 8.93 Å². The summed E-state index contributed by atoms with van der Waals surface area (Å²) < 4.78 is 20.1. The van der Waals surface area contributed by atoms with Crippen LogP contribution in [0.1, 0.15) is 39.0 Å². The van der Waals surface area contributed by atoms with Crippen molar-refractivity contribution >= 4 is 11.0 Å². The highest BCUT2D eigenvalue weighted by Gasteiger charge is 2.03.